The first-order chi connectivity index (χ1) is 14.0. The van der Waals surface area contributed by atoms with E-state index in [1.54, 1.807) is 6.07 Å². The van der Waals surface area contributed by atoms with Crippen molar-refractivity contribution in [2.24, 2.45) is 0 Å². The van der Waals surface area contributed by atoms with E-state index in [9.17, 15) is 9.59 Å². The fraction of sp³-hybridized carbons (Fsp3) is 0.400. The molecular formula is C20H23ClN4O4. The first-order valence-electron chi connectivity index (χ1n) is 9.54. The van der Waals surface area contributed by atoms with Crippen molar-refractivity contribution in [1.29, 1.82) is 0 Å². The molecule has 0 fully saturated rings. The summed E-state index contributed by atoms with van der Waals surface area (Å²) in [7, 11) is 0. The van der Waals surface area contributed by atoms with Crippen LogP contribution in [0.4, 0.5) is 5.95 Å². The van der Waals surface area contributed by atoms with Crippen LogP contribution in [-0.4, -0.2) is 40.1 Å². The Morgan fingerprint density at radius 2 is 1.93 bits per heavy atom. The SMILES string of the molecule is O=C(O)CCCCCCNC(=O)c1cnc(N[C@@H]2COc3ccc(Cl)cc32)nc1. The largest absolute Gasteiger partial charge is 0.491 e. The van der Waals surface area contributed by atoms with E-state index in [0.717, 1.165) is 30.6 Å². The predicted octanol–water partition coefficient (Wildman–Crippen LogP) is 3.44. The number of rotatable bonds is 10. The van der Waals surface area contributed by atoms with Gasteiger partial charge in [0.25, 0.3) is 5.91 Å². The Kier molecular flexibility index (Phi) is 7.24. The van der Waals surface area contributed by atoms with Gasteiger partial charge in [0.1, 0.15) is 12.4 Å². The molecule has 9 heteroatoms. The van der Waals surface area contributed by atoms with Gasteiger partial charge in [0, 0.05) is 35.9 Å². The lowest BCUT2D eigenvalue weighted by Gasteiger charge is -2.12. The van der Waals surface area contributed by atoms with Gasteiger partial charge in [-0.1, -0.05) is 24.4 Å². The summed E-state index contributed by atoms with van der Waals surface area (Å²) in [6.07, 6.45) is 6.32. The van der Waals surface area contributed by atoms with Crippen LogP contribution in [0.5, 0.6) is 5.75 Å². The van der Waals surface area contributed by atoms with E-state index in [-0.39, 0.29) is 18.4 Å². The first-order valence-corrected chi connectivity index (χ1v) is 9.91. The Labute approximate surface area is 173 Å². The molecule has 1 aliphatic heterocycles. The zero-order chi connectivity index (χ0) is 20.6. The third-order valence-corrected chi connectivity index (χ3v) is 4.81. The smallest absolute Gasteiger partial charge is 0.303 e. The average Bonchev–Trinajstić information content (AvgIpc) is 3.09. The Balaban J connectivity index is 1.43. The number of nitrogens with zero attached hydrogens (tertiary/aromatic N) is 2. The van der Waals surface area contributed by atoms with Crippen molar-refractivity contribution in [3.05, 3.63) is 46.7 Å². The maximum atomic E-state index is 12.2. The summed E-state index contributed by atoms with van der Waals surface area (Å²) < 4.78 is 5.62. The molecule has 2 aromatic rings. The van der Waals surface area contributed by atoms with Gasteiger partial charge in [0.15, 0.2) is 0 Å². The van der Waals surface area contributed by atoms with E-state index in [1.807, 2.05) is 12.1 Å². The third kappa shape index (κ3) is 6.05. The molecule has 0 bridgehead atoms. The highest BCUT2D eigenvalue weighted by Gasteiger charge is 2.25. The molecular weight excluding hydrogens is 396 g/mol. The molecule has 3 N–H and O–H groups in total. The molecule has 0 spiro atoms. The molecule has 0 radical (unpaired) electrons. The number of aliphatic carboxylic acids is 1. The normalized spacial score (nSPS) is 14.7. The number of aromatic nitrogens is 2. The van der Waals surface area contributed by atoms with Gasteiger partial charge in [0.05, 0.1) is 11.6 Å². The van der Waals surface area contributed by atoms with Gasteiger partial charge in [-0.05, 0) is 31.0 Å². The zero-order valence-electron chi connectivity index (χ0n) is 15.9. The second-order valence-corrected chi connectivity index (χ2v) is 7.24. The third-order valence-electron chi connectivity index (χ3n) is 4.57. The number of unbranched alkanes of at least 4 members (excludes halogenated alkanes) is 3. The second-order valence-electron chi connectivity index (χ2n) is 6.80. The van der Waals surface area contributed by atoms with Gasteiger partial charge >= 0.3 is 5.97 Å². The maximum Gasteiger partial charge on any atom is 0.303 e. The van der Waals surface area contributed by atoms with E-state index >= 15 is 0 Å². The number of ether oxygens (including phenoxy) is 1. The van der Waals surface area contributed by atoms with E-state index < -0.39 is 5.97 Å². The number of nitrogens with one attached hydrogen (secondary N) is 2. The van der Waals surface area contributed by atoms with E-state index in [1.165, 1.54) is 12.4 Å². The van der Waals surface area contributed by atoms with Gasteiger partial charge in [-0.2, -0.15) is 0 Å². The minimum absolute atomic E-state index is 0.107. The molecule has 3 rings (SSSR count). The number of carbonyl (C=O) groups excluding carboxylic acids is 1. The molecule has 0 unspecified atom stereocenters. The van der Waals surface area contributed by atoms with E-state index in [2.05, 4.69) is 20.6 Å². The fourth-order valence-electron chi connectivity index (χ4n) is 3.04. The molecule has 154 valence electrons. The molecule has 0 saturated carbocycles. The van der Waals surface area contributed by atoms with E-state index in [0.29, 0.717) is 36.1 Å². The summed E-state index contributed by atoms with van der Waals surface area (Å²) in [5.74, 6) is 0.181. The Morgan fingerprint density at radius 3 is 2.69 bits per heavy atom. The summed E-state index contributed by atoms with van der Waals surface area (Å²) in [6, 6.07) is 5.36. The Morgan fingerprint density at radius 1 is 1.17 bits per heavy atom. The van der Waals surface area contributed by atoms with Crippen molar-refractivity contribution in [1.82, 2.24) is 15.3 Å². The van der Waals surface area contributed by atoms with Crippen LogP contribution in [0.15, 0.2) is 30.6 Å². The van der Waals surface area contributed by atoms with Crippen LogP contribution in [0, 0.1) is 0 Å². The number of hydrogen-bond donors (Lipinski definition) is 3. The zero-order valence-corrected chi connectivity index (χ0v) is 16.6. The molecule has 2 heterocycles. The predicted molar refractivity (Wildman–Crippen MR) is 108 cm³/mol. The molecule has 1 aromatic carbocycles. The molecule has 1 atom stereocenters. The van der Waals surface area contributed by atoms with Crippen molar-refractivity contribution < 1.29 is 19.4 Å². The highest BCUT2D eigenvalue weighted by Crippen LogP contribution is 2.35. The molecule has 0 saturated heterocycles. The van der Waals surface area contributed by atoms with Crippen LogP contribution < -0.4 is 15.4 Å². The number of amides is 1. The quantitative estimate of drug-likeness (QED) is 0.506. The van der Waals surface area contributed by atoms with Crippen LogP contribution in [-0.2, 0) is 4.79 Å². The summed E-state index contributed by atoms with van der Waals surface area (Å²) >= 11 is 6.05. The number of fused-ring (bicyclic) bond motifs is 1. The number of carbonyl (C=O) groups is 2. The topological polar surface area (TPSA) is 113 Å². The van der Waals surface area contributed by atoms with Gasteiger partial charge in [-0.25, -0.2) is 9.97 Å². The van der Waals surface area contributed by atoms with Crippen molar-refractivity contribution in [2.45, 2.75) is 38.1 Å². The molecule has 29 heavy (non-hydrogen) atoms. The monoisotopic (exact) mass is 418 g/mol. The van der Waals surface area contributed by atoms with Gasteiger partial charge in [-0.3, -0.25) is 9.59 Å². The minimum Gasteiger partial charge on any atom is -0.491 e. The minimum atomic E-state index is -0.773. The van der Waals surface area contributed by atoms with Gasteiger partial charge in [-0.15, -0.1) is 0 Å². The second kappa shape index (κ2) is 10.1. The number of benzene rings is 1. The number of anilines is 1. The van der Waals surface area contributed by atoms with Crippen LogP contribution in [0.25, 0.3) is 0 Å². The number of hydrogen-bond acceptors (Lipinski definition) is 6. The highest BCUT2D eigenvalue weighted by molar-refractivity contribution is 6.30. The summed E-state index contributed by atoms with van der Waals surface area (Å²) in [4.78, 5) is 31.0. The van der Waals surface area contributed by atoms with Crippen molar-refractivity contribution in [3.63, 3.8) is 0 Å². The van der Waals surface area contributed by atoms with Crippen LogP contribution in [0.3, 0.4) is 0 Å². The summed E-state index contributed by atoms with van der Waals surface area (Å²) in [5.41, 5.74) is 1.33. The number of halogens is 1. The lowest BCUT2D eigenvalue weighted by molar-refractivity contribution is -0.137. The van der Waals surface area contributed by atoms with E-state index in [4.69, 9.17) is 21.4 Å². The number of carboxylic acids is 1. The Bertz CT molecular complexity index is 860. The van der Waals surface area contributed by atoms with Crippen molar-refractivity contribution in [2.75, 3.05) is 18.5 Å². The Hall–Kier alpha value is -2.87. The standard InChI is InChI=1S/C20H23ClN4O4/c21-14-6-7-17-15(9-14)16(12-29-17)25-20-23-10-13(11-24-20)19(28)22-8-4-2-1-3-5-18(26)27/h6-7,9-11,16H,1-5,8,12H2,(H,22,28)(H,26,27)(H,23,24,25)/t16-/m1/s1. The fourth-order valence-corrected chi connectivity index (χ4v) is 3.22. The lowest BCUT2D eigenvalue weighted by atomic mass is 10.1. The highest BCUT2D eigenvalue weighted by atomic mass is 35.5. The number of carboxylic acid groups (broad SMARTS) is 1. The molecule has 1 aliphatic rings. The molecule has 8 nitrogen and oxygen atoms in total. The van der Waals surface area contributed by atoms with Crippen LogP contribution in [0.2, 0.25) is 5.02 Å². The summed E-state index contributed by atoms with van der Waals surface area (Å²) in [5, 5.41) is 15.2. The first kappa shape index (κ1) is 20.9. The average molecular weight is 419 g/mol. The van der Waals surface area contributed by atoms with Crippen molar-refractivity contribution >= 4 is 29.4 Å². The van der Waals surface area contributed by atoms with Crippen molar-refractivity contribution in [3.8, 4) is 5.75 Å². The molecule has 1 aromatic heterocycles. The van der Waals surface area contributed by atoms with Gasteiger partial charge < -0.3 is 20.5 Å². The summed E-state index contributed by atoms with van der Waals surface area (Å²) in [6.45, 7) is 0.983. The van der Waals surface area contributed by atoms with Crippen LogP contribution >= 0.6 is 11.6 Å². The lowest BCUT2D eigenvalue weighted by Crippen LogP contribution is -2.25. The molecule has 1 amide bonds. The van der Waals surface area contributed by atoms with Crippen LogP contribution in [0.1, 0.15) is 54.1 Å². The van der Waals surface area contributed by atoms with Gasteiger partial charge in [0.2, 0.25) is 5.95 Å². The molecule has 0 aliphatic carbocycles. The maximum absolute atomic E-state index is 12.2.